The lowest BCUT2D eigenvalue weighted by Gasteiger charge is -2.02. The van der Waals surface area contributed by atoms with E-state index in [2.05, 4.69) is 26.2 Å². The SMILES string of the molecule is O=C(Nc1nc2c(Br)cccc2s1)c1ccccc1[N+](=O)[O-]. The number of thiazole rings is 1. The zero-order valence-corrected chi connectivity index (χ0v) is 13.3. The summed E-state index contributed by atoms with van der Waals surface area (Å²) in [5.41, 5.74) is 0.512. The highest BCUT2D eigenvalue weighted by molar-refractivity contribution is 9.10. The molecule has 0 aliphatic heterocycles. The number of nitrogens with zero attached hydrogens (tertiary/aromatic N) is 2. The minimum absolute atomic E-state index is 0.00539. The van der Waals surface area contributed by atoms with Crippen molar-refractivity contribution in [3.63, 3.8) is 0 Å². The van der Waals surface area contributed by atoms with E-state index in [0.717, 1.165) is 14.7 Å². The van der Waals surface area contributed by atoms with Crippen molar-refractivity contribution in [2.45, 2.75) is 0 Å². The highest BCUT2D eigenvalue weighted by Crippen LogP contribution is 2.31. The van der Waals surface area contributed by atoms with Crippen molar-refractivity contribution >= 4 is 54.2 Å². The summed E-state index contributed by atoms with van der Waals surface area (Å²) in [7, 11) is 0. The van der Waals surface area contributed by atoms with Crippen molar-refractivity contribution in [2.24, 2.45) is 0 Å². The number of anilines is 1. The fraction of sp³-hybridized carbons (Fsp3) is 0. The van der Waals surface area contributed by atoms with Gasteiger partial charge in [-0.3, -0.25) is 20.2 Å². The number of nitro benzene ring substituents is 1. The van der Waals surface area contributed by atoms with Gasteiger partial charge in [-0.1, -0.05) is 29.5 Å². The minimum atomic E-state index is -0.580. The number of fused-ring (bicyclic) bond motifs is 1. The number of amides is 1. The summed E-state index contributed by atoms with van der Waals surface area (Å²) in [4.78, 5) is 27.0. The van der Waals surface area contributed by atoms with Crippen LogP contribution in [0.5, 0.6) is 0 Å². The smallest absolute Gasteiger partial charge is 0.282 e. The third-order valence-electron chi connectivity index (χ3n) is 2.94. The number of aromatic nitrogens is 1. The van der Waals surface area contributed by atoms with Crippen molar-refractivity contribution in [2.75, 3.05) is 5.32 Å². The largest absolute Gasteiger partial charge is 0.298 e. The van der Waals surface area contributed by atoms with Crippen molar-refractivity contribution in [3.05, 3.63) is 62.6 Å². The lowest BCUT2D eigenvalue weighted by Crippen LogP contribution is -2.13. The highest BCUT2D eigenvalue weighted by Gasteiger charge is 2.20. The first kappa shape index (κ1) is 14.6. The molecule has 0 spiro atoms. The van der Waals surface area contributed by atoms with Gasteiger partial charge in [-0.25, -0.2) is 4.98 Å². The fourth-order valence-electron chi connectivity index (χ4n) is 1.96. The molecule has 3 rings (SSSR count). The third-order valence-corrected chi connectivity index (χ3v) is 4.51. The van der Waals surface area contributed by atoms with Gasteiger partial charge in [0, 0.05) is 10.5 Å². The van der Waals surface area contributed by atoms with E-state index < -0.39 is 10.8 Å². The van der Waals surface area contributed by atoms with Crippen molar-refractivity contribution in [3.8, 4) is 0 Å². The van der Waals surface area contributed by atoms with Crippen LogP contribution in [0.4, 0.5) is 10.8 Å². The first-order chi connectivity index (χ1) is 10.6. The number of hydrogen-bond acceptors (Lipinski definition) is 5. The Morgan fingerprint density at radius 3 is 2.73 bits per heavy atom. The van der Waals surface area contributed by atoms with Gasteiger partial charge in [-0.15, -0.1) is 0 Å². The molecule has 3 aromatic rings. The Kier molecular flexibility index (Phi) is 3.86. The van der Waals surface area contributed by atoms with Gasteiger partial charge in [-0.2, -0.15) is 0 Å². The van der Waals surface area contributed by atoms with Gasteiger partial charge in [0.15, 0.2) is 5.13 Å². The molecule has 6 nitrogen and oxygen atoms in total. The Balaban J connectivity index is 1.93. The van der Waals surface area contributed by atoms with Gasteiger partial charge < -0.3 is 0 Å². The molecule has 0 bridgehead atoms. The van der Waals surface area contributed by atoms with E-state index in [4.69, 9.17) is 0 Å². The van der Waals surface area contributed by atoms with Gasteiger partial charge in [-0.05, 0) is 34.1 Å². The summed E-state index contributed by atoms with van der Waals surface area (Å²) in [5, 5.41) is 14.0. The van der Waals surface area contributed by atoms with Crippen LogP contribution >= 0.6 is 27.3 Å². The van der Waals surface area contributed by atoms with Crippen LogP contribution in [0.2, 0.25) is 0 Å². The maximum atomic E-state index is 12.2. The average molecular weight is 378 g/mol. The number of benzene rings is 2. The zero-order chi connectivity index (χ0) is 15.7. The molecule has 0 fully saturated rings. The molecule has 0 aliphatic rings. The number of carbonyl (C=O) groups is 1. The second-order valence-electron chi connectivity index (χ2n) is 4.33. The second-order valence-corrected chi connectivity index (χ2v) is 6.22. The van der Waals surface area contributed by atoms with E-state index in [9.17, 15) is 14.9 Å². The van der Waals surface area contributed by atoms with Gasteiger partial charge >= 0.3 is 0 Å². The Bertz CT molecular complexity index is 894. The van der Waals surface area contributed by atoms with Gasteiger partial charge in [0.2, 0.25) is 0 Å². The summed E-state index contributed by atoms with van der Waals surface area (Å²) >= 11 is 4.70. The van der Waals surface area contributed by atoms with Gasteiger partial charge in [0.05, 0.1) is 15.1 Å². The molecule has 1 aromatic heterocycles. The van der Waals surface area contributed by atoms with E-state index in [-0.39, 0.29) is 11.3 Å². The van der Waals surface area contributed by atoms with Crippen LogP contribution in [0.1, 0.15) is 10.4 Å². The monoisotopic (exact) mass is 377 g/mol. The number of halogens is 1. The van der Waals surface area contributed by atoms with Crippen LogP contribution in [0.3, 0.4) is 0 Å². The predicted molar refractivity (Wildman–Crippen MR) is 88.4 cm³/mol. The third kappa shape index (κ3) is 2.70. The molecular formula is C14H8BrN3O3S. The quantitative estimate of drug-likeness (QED) is 0.546. The highest BCUT2D eigenvalue weighted by atomic mass is 79.9. The van der Waals surface area contributed by atoms with E-state index >= 15 is 0 Å². The molecule has 0 radical (unpaired) electrons. The van der Waals surface area contributed by atoms with Crippen molar-refractivity contribution in [1.82, 2.24) is 4.98 Å². The van der Waals surface area contributed by atoms with Crippen LogP contribution < -0.4 is 5.32 Å². The first-order valence-corrected chi connectivity index (χ1v) is 7.77. The molecule has 1 N–H and O–H groups in total. The van der Waals surface area contributed by atoms with Crippen molar-refractivity contribution < 1.29 is 9.72 Å². The Morgan fingerprint density at radius 2 is 2.00 bits per heavy atom. The molecule has 22 heavy (non-hydrogen) atoms. The number of para-hydroxylation sites is 2. The number of rotatable bonds is 3. The average Bonchev–Trinajstić information content (AvgIpc) is 2.91. The van der Waals surface area contributed by atoms with Crippen LogP contribution in [0, 0.1) is 10.1 Å². The molecule has 0 saturated heterocycles. The second kappa shape index (κ2) is 5.82. The molecule has 2 aromatic carbocycles. The summed E-state index contributed by atoms with van der Waals surface area (Å²) in [6.45, 7) is 0. The number of carbonyl (C=O) groups excluding carboxylic acids is 1. The maximum Gasteiger partial charge on any atom is 0.282 e. The molecule has 0 saturated carbocycles. The molecule has 1 heterocycles. The van der Waals surface area contributed by atoms with Crippen LogP contribution in [-0.4, -0.2) is 15.8 Å². The molecule has 8 heteroatoms. The maximum absolute atomic E-state index is 12.2. The van der Waals surface area contributed by atoms with E-state index in [1.165, 1.54) is 29.5 Å². The number of nitrogens with one attached hydrogen (secondary N) is 1. The molecule has 0 atom stereocenters. The minimum Gasteiger partial charge on any atom is -0.298 e. The van der Waals surface area contributed by atoms with Crippen LogP contribution in [-0.2, 0) is 0 Å². The van der Waals surface area contributed by atoms with E-state index in [0.29, 0.717) is 5.13 Å². The van der Waals surface area contributed by atoms with Crippen LogP contribution in [0.25, 0.3) is 10.2 Å². The predicted octanol–water partition coefficient (Wildman–Crippen LogP) is 4.22. The Labute approximate surface area is 137 Å². The molecule has 110 valence electrons. The molecule has 1 amide bonds. The van der Waals surface area contributed by atoms with Crippen molar-refractivity contribution in [1.29, 1.82) is 0 Å². The normalized spacial score (nSPS) is 10.6. The number of hydrogen-bond donors (Lipinski definition) is 1. The van der Waals surface area contributed by atoms with E-state index in [1.807, 2.05) is 18.2 Å². The summed E-state index contributed by atoms with van der Waals surface area (Å²) in [6, 6.07) is 11.4. The molecular weight excluding hydrogens is 370 g/mol. The summed E-state index contributed by atoms with van der Waals surface area (Å²) in [6.07, 6.45) is 0. The van der Waals surface area contributed by atoms with Crippen LogP contribution in [0.15, 0.2) is 46.9 Å². The summed E-state index contributed by atoms with van der Waals surface area (Å²) in [5.74, 6) is -0.553. The van der Waals surface area contributed by atoms with Gasteiger partial charge in [0.25, 0.3) is 11.6 Å². The first-order valence-electron chi connectivity index (χ1n) is 6.16. The lowest BCUT2D eigenvalue weighted by molar-refractivity contribution is -0.385. The topological polar surface area (TPSA) is 85.1 Å². The van der Waals surface area contributed by atoms with Gasteiger partial charge in [0.1, 0.15) is 5.56 Å². The standard InChI is InChI=1S/C14H8BrN3O3S/c15-9-5-3-7-11-12(9)16-14(22-11)17-13(19)8-4-1-2-6-10(8)18(20)21/h1-7H,(H,16,17,19). The van der Waals surface area contributed by atoms with E-state index in [1.54, 1.807) is 6.07 Å². The lowest BCUT2D eigenvalue weighted by atomic mass is 10.1. The molecule has 0 aliphatic carbocycles. The number of nitro groups is 1. The molecule has 0 unspecified atom stereocenters. The zero-order valence-electron chi connectivity index (χ0n) is 10.9. The fourth-order valence-corrected chi connectivity index (χ4v) is 3.43. The Morgan fingerprint density at radius 1 is 1.23 bits per heavy atom. The Hall–Kier alpha value is -2.32. The summed E-state index contributed by atoms with van der Waals surface area (Å²) < 4.78 is 1.74.